The summed E-state index contributed by atoms with van der Waals surface area (Å²) in [5.41, 5.74) is 1.33. The van der Waals surface area contributed by atoms with Crippen molar-refractivity contribution in [3.8, 4) is 0 Å². The lowest BCUT2D eigenvalue weighted by molar-refractivity contribution is 1.07. The van der Waals surface area contributed by atoms with Crippen LogP contribution in [0.25, 0.3) is 0 Å². The summed E-state index contributed by atoms with van der Waals surface area (Å²) in [4.78, 5) is 4.16. The largest absolute Gasteiger partial charge is 0.128 e. The molecule has 0 bridgehead atoms. The first-order valence-corrected chi connectivity index (χ1v) is 8.02. The van der Waals surface area contributed by atoms with E-state index >= 15 is 0 Å². The van der Waals surface area contributed by atoms with Gasteiger partial charge in [0.05, 0.1) is 0 Å². The van der Waals surface area contributed by atoms with Crippen LogP contribution in [0.5, 0.6) is 0 Å². The van der Waals surface area contributed by atoms with Gasteiger partial charge in [-0.3, -0.25) is 0 Å². The molecule has 0 N–H and O–H groups in total. The Morgan fingerprint density at radius 3 is 1.79 bits per heavy atom. The fourth-order valence-corrected chi connectivity index (χ4v) is 3.99. The molecule has 0 saturated heterocycles. The zero-order chi connectivity index (χ0) is 10.6. The van der Waals surface area contributed by atoms with E-state index in [2.05, 4.69) is 37.8 Å². The molecule has 3 heteroatoms. The summed E-state index contributed by atoms with van der Waals surface area (Å²) in [5, 5.41) is 0. The van der Waals surface area contributed by atoms with Crippen molar-refractivity contribution in [3.05, 3.63) is 24.6 Å². The van der Waals surface area contributed by atoms with Crippen LogP contribution in [-0.4, -0.2) is 18.8 Å². The van der Waals surface area contributed by atoms with Gasteiger partial charge in [-0.15, -0.1) is 35.3 Å². The third-order valence-electron chi connectivity index (χ3n) is 2.01. The van der Waals surface area contributed by atoms with E-state index in [0.717, 1.165) is 6.42 Å². The van der Waals surface area contributed by atoms with Crippen molar-refractivity contribution in [2.75, 3.05) is 18.8 Å². The molecule has 0 saturated carbocycles. The molecule has 0 unspecified atom stereocenters. The number of hydrogen-bond donors (Lipinski definition) is 0. The molecule has 0 aliphatic heterocycles. The van der Waals surface area contributed by atoms with Gasteiger partial charge in [0.2, 0.25) is 0 Å². The summed E-state index contributed by atoms with van der Waals surface area (Å²) < 4.78 is 0. The van der Waals surface area contributed by atoms with E-state index in [1.54, 1.807) is 0 Å². The second-order valence-corrected chi connectivity index (χ2v) is 5.30. The van der Waals surface area contributed by atoms with Crippen LogP contribution in [0.4, 0.5) is 0 Å². The smallest absolute Gasteiger partial charge is 0.0341 e. The van der Waals surface area contributed by atoms with Crippen LogP contribution in [0.2, 0.25) is 0 Å². The van der Waals surface area contributed by atoms with Crippen molar-refractivity contribution in [1.29, 1.82) is 0 Å². The maximum absolute atomic E-state index is 3.94. The molecular weight excluding hydrogens is 228 g/mol. The lowest BCUT2D eigenvalue weighted by Gasteiger charge is -2.11. The summed E-state index contributed by atoms with van der Waals surface area (Å²) in [6, 6.07) is 4.51. The maximum atomic E-state index is 3.94. The van der Waals surface area contributed by atoms with Crippen molar-refractivity contribution in [2.45, 2.75) is 21.1 Å². The Kier molecular flexibility index (Phi) is 5.28. The minimum absolute atomic E-state index is 0.871. The molecule has 0 atom stereocenters. The molecule has 0 amide bonds. The lowest BCUT2D eigenvalue weighted by atomic mass is 10.2. The molecule has 0 aromatic heterocycles. The van der Waals surface area contributed by atoms with Crippen molar-refractivity contribution >= 4 is 35.3 Å². The van der Waals surface area contributed by atoms with E-state index in [1.807, 2.05) is 35.3 Å². The number of thioether (sulfide) groups is 3. The predicted molar refractivity (Wildman–Crippen MR) is 70.8 cm³/mol. The van der Waals surface area contributed by atoms with E-state index in [4.69, 9.17) is 0 Å². The van der Waals surface area contributed by atoms with Crippen molar-refractivity contribution in [3.63, 3.8) is 0 Å². The first kappa shape index (κ1) is 12.3. The molecule has 1 rings (SSSR count). The number of hydrogen-bond acceptors (Lipinski definition) is 3. The van der Waals surface area contributed by atoms with Gasteiger partial charge in [0.25, 0.3) is 0 Å². The van der Waals surface area contributed by atoms with Crippen LogP contribution >= 0.6 is 35.3 Å². The molecule has 1 radical (unpaired) electrons. The quantitative estimate of drug-likeness (QED) is 0.726. The molecule has 77 valence electrons. The first-order chi connectivity index (χ1) is 6.76. The minimum atomic E-state index is 0.871. The Labute approximate surface area is 99.6 Å². The summed E-state index contributed by atoms with van der Waals surface area (Å²) in [6.07, 6.45) is 7.27. The normalized spacial score (nSPS) is 10.6. The Hall–Kier alpha value is 0.270. The van der Waals surface area contributed by atoms with E-state index in [1.165, 1.54) is 20.2 Å². The van der Waals surface area contributed by atoms with Gasteiger partial charge in [-0.1, -0.05) is 0 Å². The monoisotopic (exact) mass is 243 g/mol. The van der Waals surface area contributed by atoms with Crippen LogP contribution in [0.1, 0.15) is 5.56 Å². The van der Waals surface area contributed by atoms with Gasteiger partial charge in [-0.05, 0) is 49.8 Å². The minimum Gasteiger partial charge on any atom is -0.128 e. The van der Waals surface area contributed by atoms with Crippen molar-refractivity contribution < 1.29 is 0 Å². The van der Waals surface area contributed by atoms with E-state index < -0.39 is 0 Å². The molecule has 1 aromatic carbocycles. The molecule has 0 aliphatic carbocycles. The zero-order valence-electron chi connectivity index (χ0n) is 8.79. The van der Waals surface area contributed by atoms with Gasteiger partial charge in [-0.2, -0.15) is 0 Å². The summed E-state index contributed by atoms with van der Waals surface area (Å²) in [5.74, 6) is 0. The molecular formula is C11H15S3. The first-order valence-electron chi connectivity index (χ1n) is 4.35. The standard InChI is InChI=1S/C11H15S3/c1-5-8-6-9(12-2)11(14-4)10(7-8)13-3/h6-7H,1,5H2,2-4H3. The highest BCUT2D eigenvalue weighted by Gasteiger charge is 2.08. The van der Waals surface area contributed by atoms with Gasteiger partial charge in [0.1, 0.15) is 0 Å². The number of rotatable bonds is 4. The highest BCUT2D eigenvalue weighted by atomic mass is 32.2. The van der Waals surface area contributed by atoms with Crippen molar-refractivity contribution in [1.82, 2.24) is 0 Å². The second-order valence-electron chi connectivity index (χ2n) is 2.78. The summed E-state index contributed by atoms with van der Waals surface area (Å²) in [6.45, 7) is 3.94. The fraction of sp³-hybridized carbons (Fsp3) is 0.364. The molecule has 14 heavy (non-hydrogen) atoms. The Bertz CT molecular complexity index is 282. The summed E-state index contributed by atoms with van der Waals surface area (Å²) >= 11 is 5.46. The van der Waals surface area contributed by atoms with Crippen LogP contribution in [-0.2, 0) is 6.42 Å². The molecule has 0 aliphatic rings. The second kappa shape index (κ2) is 5.99. The van der Waals surface area contributed by atoms with Crippen LogP contribution in [0.3, 0.4) is 0 Å². The average molecular weight is 243 g/mol. The van der Waals surface area contributed by atoms with Gasteiger partial charge >= 0.3 is 0 Å². The summed E-state index contributed by atoms with van der Waals surface area (Å²) in [7, 11) is 0. The Morgan fingerprint density at radius 1 is 1.00 bits per heavy atom. The Balaban J connectivity index is 3.24. The van der Waals surface area contributed by atoms with Gasteiger partial charge < -0.3 is 0 Å². The SMILES string of the molecule is [CH2]Cc1cc(SC)c(SC)c(SC)c1. The maximum Gasteiger partial charge on any atom is 0.0341 e. The van der Waals surface area contributed by atoms with E-state index in [-0.39, 0.29) is 0 Å². The highest BCUT2D eigenvalue weighted by Crippen LogP contribution is 2.37. The third kappa shape index (κ3) is 2.65. The topological polar surface area (TPSA) is 0 Å². The molecule has 0 heterocycles. The molecule has 0 fully saturated rings. The molecule has 0 spiro atoms. The van der Waals surface area contributed by atoms with E-state index in [0.29, 0.717) is 0 Å². The van der Waals surface area contributed by atoms with Crippen LogP contribution < -0.4 is 0 Å². The number of benzene rings is 1. The third-order valence-corrected chi connectivity index (χ3v) is 4.64. The molecule has 1 aromatic rings. The van der Waals surface area contributed by atoms with E-state index in [9.17, 15) is 0 Å². The van der Waals surface area contributed by atoms with Crippen LogP contribution in [0, 0.1) is 6.92 Å². The van der Waals surface area contributed by atoms with Gasteiger partial charge in [0, 0.05) is 14.7 Å². The predicted octanol–water partition coefficient (Wildman–Crippen LogP) is 4.23. The average Bonchev–Trinajstić information content (AvgIpc) is 2.26. The van der Waals surface area contributed by atoms with Crippen molar-refractivity contribution in [2.24, 2.45) is 0 Å². The van der Waals surface area contributed by atoms with Gasteiger partial charge in [0.15, 0.2) is 0 Å². The van der Waals surface area contributed by atoms with Crippen LogP contribution in [0.15, 0.2) is 26.8 Å². The Morgan fingerprint density at radius 2 is 1.50 bits per heavy atom. The molecule has 0 nitrogen and oxygen atoms in total. The highest BCUT2D eigenvalue weighted by molar-refractivity contribution is 8.03. The zero-order valence-corrected chi connectivity index (χ0v) is 11.2. The van der Waals surface area contributed by atoms with Gasteiger partial charge in [-0.25, -0.2) is 0 Å². The fourth-order valence-electron chi connectivity index (χ4n) is 1.28. The lowest BCUT2D eigenvalue weighted by Crippen LogP contribution is -1.88.